The van der Waals surface area contributed by atoms with Gasteiger partial charge in [-0.3, -0.25) is 0 Å². The summed E-state index contributed by atoms with van der Waals surface area (Å²) in [5.74, 6) is 0. The highest BCUT2D eigenvalue weighted by atomic mass is 127. The summed E-state index contributed by atoms with van der Waals surface area (Å²) in [4.78, 5) is 0. The summed E-state index contributed by atoms with van der Waals surface area (Å²) in [6, 6.07) is 8.25. The number of halogens is 2. The van der Waals surface area contributed by atoms with E-state index in [9.17, 15) is 0 Å². The third kappa shape index (κ3) is 4.59. The van der Waals surface area contributed by atoms with Crippen molar-refractivity contribution in [2.24, 2.45) is 5.73 Å². The molecule has 0 bridgehead atoms. The molecule has 1 atom stereocenters. The van der Waals surface area contributed by atoms with Crippen LogP contribution in [0.4, 0.5) is 0 Å². The minimum Gasteiger partial charge on any atom is -0.396 e. The minimum absolute atomic E-state index is 0. The number of benzene rings is 1. The molecular formula is C10H15ClINO. The Hall–Kier alpha value is 0.160. The zero-order valence-electron chi connectivity index (χ0n) is 7.82. The van der Waals surface area contributed by atoms with E-state index >= 15 is 0 Å². The zero-order chi connectivity index (χ0) is 9.68. The topological polar surface area (TPSA) is 46.2 Å². The molecular weight excluding hydrogens is 312 g/mol. The van der Waals surface area contributed by atoms with Crippen LogP contribution in [-0.2, 0) is 0 Å². The summed E-state index contributed by atoms with van der Waals surface area (Å²) in [5.41, 5.74) is 7.06. The van der Waals surface area contributed by atoms with Crippen molar-refractivity contribution in [1.29, 1.82) is 0 Å². The highest BCUT2D eigenvalue weighted by molar-refractivity contribution is 14.1. The van der Waals surface area contributed by atoms with Crippen LogP contribution in [0.2, 0.25) is 0 Å². The first-order valence-electron chi connectivity index (χ1n) is 4.36. The Balaban J connectivity index is 0.00000169. The number of hydrogen-bond acceptors (Lipinski definition) is 2. The fraction of sp³-hybridized carbons (Fsp3) is 0.400. The van der Waals surface area contributed by atoms with Gasteiger partial charge >= 0.3 is 0 Å². The van der Waals surface area contributed by atoms with Crippen molar-refractivity contribution in [3.8, 4) is 0 Å². The predicted molar refractivity (Wildman–Crippen MR) is 69.7 cm³/mol. The van der Waals surface area contributed by atoms with Crippen LogP contribution < -0.4 is 5.73 Å². The molecule has 0 fully saturated rings. The van der Waals surface area contributed by atoms with Crippen LogP contribution in [0.3, 0.4) is 0 Å². The van der Waals surface area contributed by atoms with E-state index in [1.807, 2.05) is 12.1 Å². The Labute approximate surface area is 104 Å². The van der Waals surface area contributed by atoms with Crippen molar-refractivity contribution in [3.63, 3.8) is 0 Å². The summed E-state index contributed by atoms with van der Waals surface area (Å²) >= 11 is 2.27. The van der Waals surface area contributed by atoms with Crippen LogP contribution in [0.25, 0.3) is 0 Å². The van der Waals surface area contributed by atoms with Gasteiger partial charge in [-0.05, 0) is 53.1 Å². The van der Waals surface area contributed by atoms with E-state index in [0.29, 0.717) is 0 Å². The van der Waals surface area contributed by atoms with E-state index in [1.165, 1.54) is 3.57 Å². The minimum atomic E-state index is 0. The molecule has 14 heavy (non-hydrogen) atoms. The van der Waals surface area contributed by atoms with Gasteiger partial charge in [0.1, 0.15) is 0 Å². The van der Waals surface area contributed by atoms with Gasteiger partial charge < -0.3 is 10.8 Å². The first kappa shape index (κ1) is 14.2. The number of nitrogens with two attached hydrogens (primary N) is 1. The summed E-state index contributed by atoms with van der Waals surface area (Å²) in [5, 5.41) is 8.65. The Morgan fingerprint density at radius 2 is 1.86 bits per heavy atom. The molecule has 0 amide bonds. The van der Waals surface area contributed by atoms with E-state index in [4.69, 9.17) is 10.8 Å². The van der Waals surface area contributed by atoms with E-state index < -0.39 is 0 Å². The summed E-state index contributed by atoms with van der Waals surface area (Å²) in [6.45, 7) is 0.220. The molecule has 0 unspecified atom stereocenters. The van der Waals surface area contributed by atoms with Gasteiger partial charge in [0.2, 0.25) is 0 Å². The number of aliphatic hydroxyl groups excluding tert-OH is 1. The lowest BCUT2D eigenvalue weighted by atomic mass is 10.0. The molecule has 1 aromatic rings. The van der Waals surface area contributed by atoms with Gasteiger partial charge in [0, 0.05) is 16.2 Å². The smallest absolute Gasteiger partial charge is 0.0431 e. The maximum Gasteiger partial charge on any atom is 0.0431 e. The second kappa shape index (κ2) is 7.45. The zero-order valence-corrected chi connectivity index (χ0v) is 10.8. The van der Waals surface area contributed by atoms with E-state index in [0.717, 1.165) is 18.4 Å². The van der Waals surface area contributed by atoms with Crippen LogP contribution in [0, 0.1) is 3.57 Å². The van der Waals surface area contributed by atoms with Gasteiger partial charge in [0.25, 0.3) is 0 Å². The second-order valence-electron chi connectivity index (χ2n) is 3.02. The highest BCUT2D eigenvalue weighted by Gasteiger charge is 2.04. The standard InChI is InChI=1S/C10H14INO.ClH/c11-9-5-3-8(4-6-9)10(12)2-1-7-13;/h3-6,10,13H,1-2,7,12H2;1H/t10-;/m0./s1. The molecule has 0 saturated heterocycles. The maximum atomic E-state index is 8.65. The lowest BCUT2D eigenvalue weighted by Crippen LogP contribution is -2.10. The number of hydrogen-bond donors (Lipinski definition) is 2. The maximum absolute atomic E-state index is 8.65. The monoisotopic (exact) mass is 327 g/mol. The molecule has 0 aliphatic carbocycles. The molecule has 0 aliphatic heterocycles. The van der Waals surface area contributed by atoms with Crippen molar-refractivity contribution >= 4 is 35.0 Å². The van der Waals surface area contributed by atoms with Crippen molar-refractivity contribution in [2.75, 3.05) is 6.61 Å². The molecule has 1 aromatic carbocycles. The molecule has 80 valence electrons. The molecule has 3 N–H and O–H groups in total. The van der Waals surface area contributed by atoms with Gasteiger partial charge in [-0.25, -0.2) is 0 Å². The molecule has 2 nitrogen and oxygen atoms in total. The first-order valence-corrected chi connectivity index (χ1v) is 5.44. The molecule has 0 aromatic heterocycles. The fourth-order valence-electron chi connectivity index (χ4n) is 1.19. The lowest BCUT2D eigenvalue weighted by molar-refractivity contribution is 0.280. The normalized spacial score (nSPS) is 11.9. The summed E-state index contributed by atoms with van der Waals surface area (Å²) < 4.78 is 1.22. The molecule has 4 heteroatoms. The van der Waals surface area contributed by atoms with Crippen molar-refractivity contribution < 1.29 is 5.11 Å². The average molecular weight is 328 g/mol. The van der Waals surface area contributed by atoms with Gasteiger partial charge in [-0.2, -0.15) is 0 Å². The fourth-order valence-corrected chi connectivity index (χ4v) is 1.55. The molecule has 0 heterocycles. The lowest BCUT2D eigenvalue weighted by Gasteiger charge is -2.10. The van der Waals surface area contributed by atoms with Crippen LogP contribution in [-0.4, -0.2) is 11.7 Å². The van der Waals surface area contributed by atoms with Gasteiger partial charge in [0.15, 0.2) is 0 Å². The largest absolute Gasteiger partial charge is 0.396 e. The van der Waals surface area contributed by atoms with E-state index in [-0.39, 0.29) is 25.1 Å². The SMILES string of the molecule is Cl.N[C@@H](CCCO)c1ccc(I)cc1. The Morgan fingerprint density at radius 3 is 2.36 bits per heavy atom. The van der Waals surface area contributed by atoms with Crippen LogP contribution >= 0.6 is 35.0 Å². The summed E-state index contributed by atoms with van der Waals surface area (Å²) in [6.07, 6.45) is 1.62. The number of rotatable bonds is 4. The molecule has 0 aliphatic rings. The van der Waals surface area contributed by atoms with Crippen molar-refractivity contribution in [2.45, 2.75) is 18.9 Å². The van der Waals surface area contributed by atoms with Crippen molar-refractivity contribution in [3.05, 3.63) is 33.4 Å². The van der Waals surface area contributed by atoms with Crippen molar-refractivity contribution in [1.82, 2.24) is 0 Å². The van der Waals surface area contributed by atoms with E-state index in [2.05, 4.69) is 34.7 Å². The van der Waals surface area contributed by atoms with Crippen LogP contribution in [0.5, 0.6) is 0 Å². The van der Waals surface area contributed by atoms with Crippen LogP contribution in [0.15, 0.2) is 24.3 Å². The number of aliphatic hydroxyl groups is 1. The highest BCUT2D eigenvalue weighted by Crippen LogP contribution is 2.16. The Bertz CT molecular complexity index is 253. The molecule has 1 rings (SSSR count). The first-order chi connectivity index (χ1) is 6.24. The van der Waals surface area contributed by atoms with Crippen LogP contribution in [0.1, 0.15) is 24.4 Å². The third-order valence-corrected chi connectivity index (χ3v) is 2.69. The second-order valence-corrected chi connectivity index (χ2v) is 4.27. The Kier molecular flexibility index (Phi) is 7.54. The molecule has 0 radical (unpaired) electrons. The van der Waals surface area contributed by atoms with Gasteiger partial charge in [0.05, 0.1) is 0 Å². The van der Waals surface area contributed by atoms with Gasteiger partial charge in [-0.15, -0.1) is 12.4 Å². The van der Waals surface area contributed by atoms with Gasteiger partial charge in [-0.1, -0.05) is 12.1 Å². The Morgan fingerprint density at radius 1 is 1.29 bits per heavy atom. The summed E-state index contributed by atoms with van der Waals surface area (Å²) in [7, 11) is 0. The van der Waals surface area contributed by atoms with E-state index in [1.54, 1.807) is 0 Å². The molecule has 0 spiro atoms. The third-order valence-electron chi connectivity index (χ3n) is 1.97. The quantitative estimate of drug-likeness (QED) is 0.835. The predicted octanol–water partition coefficient (Wildman–Crippen LogP) is 2.49. The molecule has 0 saturated carbocycles. The average Bonchev–Trinajstić information content (AvgIpc) is 2.15.